The first kappa shape index (κ1) is 16.9. The van der Waals surface area contributed by atoms with E-state index in [9.17, 15) is 5.11 Å². The highest BCUT2D eigenvalue weighted by Gasteiger charge is 2.35. The van der Waals surface area contributed by atoms with Gasteiger partial charge in [0.2, 0.25) is 0 Å². The van der Waals surface area contributed by atoms with Crippen LogP contribution in [-0.2, 0) is 0 Å². The molecule has 114 valence electrons. The highest BCUT2D eigenvalue weighted by Crippen LogP contribution is 2.39. The molecule has 3 atom stereocenters. The standard InChI is InChI=1S/C16H34N2O/c1-13(2)17-11-16(8-6-7-14(3)9-16)12-18(5)10-15(4)19/h13-15,17,19H,6-12H2,1-5H3. The first-order chi connectivity index (χ1) is 8.83. The van der Waals surface area contributed by atoms with Gasteiger partial charge in [-0.3, -0.25) is 0 Å². The van der Waals surface area contributed by atoms with Gasteiger partial charge in [0.25, 0.3) is 0 Å². The van der Waals surface area contributed by atoms with E-state index in [4.69, 9.17) is 0 Å². The molecule has 1 aliphatic carbocycles. The van der Waals surface area contributed by atoms with Crippen molar-refractivity contribution in [1.29, 1.82) is 0 Å². The van der Waals surface area contributed by atoms with E-state index in [1.165, 1.54) is 25.7 Å². The molecule has 0 aromatic rings. The van der Waals surface area contributed by atoms with Crippen LogP contribution in [0.4, 0.5) is 0 Å². The van der Waals surface area contributed by atoms with Crippen molar-refractivity contribution in [3.63, 3.8) is 0 Å². The van der Waals surface area contributed by atoms with Crippen LogP contribution in [0.25, 0.3) is 0 Å². The fraction of sp³-hybridized carbons (Fsp3) is 1.00. The van der Waals surface area contributed by atoms with E-state index in [1.807, 2.05) is 6.92 Å². The summed E-state index contributed by atoms with van der Waals surface area (Å²) in [6.45, 7) is 11.7. The average molecular weight is 270 g/mol. The summed E-state index contributed by atoms with van der Waals surface area (Å²) in [4.78, 5) is 2.31. The third-order valence-electron chi connectivity index (χ3n) is 4.25. The predicted octanol–water partition coefficient (Wildman–Crippen LogP) is 2.49. The predicted molar refractivity (Wildman–Crippen MR) is 82.4 cm³/mol. The van der Waals surface area contributed by atoms with E-state index in [0.717, 1.165) is 25.6 Å². The minimum atomic E-state index is -0.235. The molecule has 0 radical (unpaired) electrons. The molecule has 0 saturated heterocycles. The molecule has 1 aliphatic rings. The maximum absolute atomic E-state index is 9.55. The van der Waals surface area contributed by atoms with Gasteiger partial charge in [0, 0.05) is 25.7 Å². The Morgan fingerprint density at radius 1 is 1.37 bits per heavy atom. The van der Waals surface area contributed by atoms with Crippen molar-refractivity contribution in [3.05, 3.63) is 0 Å². The fourth-order valence-electron chi connectivity index (χ4n) is 3.64. The van der Waals surface area contributed by atoms with Crippen molar-refractivity contribution >= 4 is 0 Å². The van der Waals surface area contributed by atoms with Gasteiger partial charge < -0.3 is 15.3 Å². The Kier molecular flexibility index (Phi) is 6.78. The highest BCUT2D eigenvalue weighted by molar-refractivity contribution is 4.90. The van der Waals surface area contributed by atoms with Crippen molar-refractivity contribution in [2.24, 2.45) is 11.3 Å². The Balaban J connectivity index is 2.62. The summed E-state index contributed by atoms with van der Waals surface area (Å²) < 4.78 is 0. The fourth-order valence-corrected chi connectivity index (χ4v) is 3.64. The van der Waals surface area contributed by atoms with Crippen LogP contribution in [0, 0.1) is 11.3 Å². The number of nitrogens with zero attached hydrogens (tertiary/aromatic N) is 1. The second-order valence-electron chi connectivity index (χ2n) is 7.28. The molecule has 0 heterocycles. The first-order valence-electron chi connectivity index (χ1n) is 7.93. The molecule has 0 aliphatic heterocycles. The van der Waals surface area contributed by atoms with Crippen LogP contribution in [0.3, 0.4) is 0 Å². The largest absolute Gasteiger partial charge is 0.392 e. The monoisotopic (exact) mass is 270 g/mol. The van der Waals surface area contributed by atoms with Crippen LogP contribution in [0.15, 0.2) is 0 Å². The molecule has 19 heavy (non-hydrogen) atoms. The van der Waals surface area contributed by atoms with Crippen LogP contribution in [0.1, 0.15) is 53.4 Å². The van der Waals surface area contributed by atoms with Crippen LogP contribution >= 0.6 is 0 Å². The van der Waals surface area contributed by atoms with Crippen molar-refractivity contribution in [1.82, 2.24) is 10.2 Å². The van der Waals surface area contributed by atoms with Crippen LogP contribution < -0.4 is 5.32 Å². The molecule has 3 nitrogen and oxygen atoms in total. The Morgan fingerprint density at radius 3 is 2.58 bits per heavy atom. The molecular weight excluding hydrogens is 236 g/mol. The molecule has 0 spiro atoms. The van der Waals surface area contributed by atoms with E-state index in [1.54, 1.807) is 0 Å². The third-order valence-corrected chi connectivity index (χ3v) is 4.25. The molecule has 0 amide bonds. The van der Waals surface area contributed by atoms with Gasteiger partial charge in [-0.15, -0.1) is 0 Å². The molecule has 3 unspecified atom stereocenters. The first-order valence-corrected chi connectivity index (χ1v) is 7.93. The molecule has 1 rings (SSSR count). The number of rotatable bonds is 7. The van der Waals surface area contributed by atoms with E-state index < -0.39 is 0 Å². The molecule has 3 heteroatoms. The zero-order valence-electron chi connectivity index (χ0n) is 13.6. The van der Waals surface area contributed by atoms with Crippen molar-refractivity contribution in [3.8, 4) is 0 Å². The number of hydrogen-bond acceptors (Lipinski definition) is 3. The van der Waals surface area contributed by atoms with Gasteiger partial charge in [-0.2, -0.15) is 0 Å². The Morgan fingerprint density at radius 2 is 2.05 bits per heavy atom. The lowest BCUT2D eigenvalue weighted by atomic mass is 9.69. The number of hydrogen-bond donors (Lipinski definition) is 2. The van der Waals surface area contributed by atoms with Crippen molar-refractivity contribution in [2.45, 2.75) is 65.5 Å². The normalized spacial score (nSPS) is 30.0. The lowest BCUT2D eigenvalue weighted by molar-refractivity contribution is 0.0652. The van der Waals surface area contributed by atoms with Crippen molar-refractivity contribution < 1.29 is 5.11 Å². The molecule has 0 aromatic carbocycles. The summed E-state index contributed by atoms with van der Waals surface area (Å²) >= 11 is 0. The van der Waals surface area contributed by atoms with Gasteiger partial charge in [0.1, 0.15) is 0 Å². The van der Waals surface area contributed by atoms with Gasteiger partial charge >= 0.3 is 0 Å². The third kappa shape index (κ3) is 6.24. The van der Waals surface area contributed by atoms with E-state index in [-0.39, 0.29) is 6.10 Å². The van der Waals surface area contributed by atoms with E-state index in [0.29, 0.717) is 11.5 Å². The second kappa shape index (κ2) is 7.61. The summed E-state index contributed by atoms with van der Waals surface area (Å²) in [6.07, 6.45) is 5.13. The van der Waals surface area contributed by atoms with Crippen LogP contribution in [-0.4, -0.2) is 48.8 Å². The summed E-state index contributed by atoms with van der Waals surface area (Å²) in [6, 6.07) is 0.552. The quantitative estimate of drug-likeness (QED) is 0.746. The number of likely N-dealkylation sites (N-methyl/N-ethyl adjacent to an activating group) is 1. The average Bonchev–Trinajstić information content (AvgIpc) is 2.25. The van der Waals surface area contributed by atoms with Gasteiger partial charge in [0.15, 0.2) is 0 Å². The summed E-state index contributed by atoms with van der Waals surface area (Å²) in [5, 5.41) is 13.2. The molecule has 0 bridgehead atoms. The van der Waals surface area contributed by atoms with E-state index in [2.05, 4.69) is 38.0 Å². The minimum Gasteiger partial charge on any atom is -0.392 e. The van der Waals surface area contributed by atoms with Gasteiger partial charge in [0.05, 0.1) is 6.10 Å². The molecule has 1 saturated carbocycles. The van der Waals surface area contributed by atoms with Gasteiger partial charge in [-0.25, -0.2) is 0 Å². The zero-order valence-corrected chi connectivity index (χ0v) is 13.6. The summed E-state index contributed by atoms with van der Waals surface area (Å²) in [5.41, 5.74) is 0.394. The lowest BCUT2D eigenvalue weighted by Crippen LogP contribution is -2.48. The maximum Gasteiger partial charge on any atom is 0.0638 e. The number of nitrogens with one attached hydrogen (secondary N) is 1. The van der Waals surface area contributed by atoms with Gasteiger partial charge in [-0.1, -0.05) is 33.6 Å². The van der Waals surface area contributed by atoms with Gasteiger partial charge in [-0.05, 0) is 38.1 Å². The second-order valence-corrected chi connectivity index (χ2v) is 7.28. The molecule has 2 N–H and O–H groups in total. The highest BCUT2D eigenvalue weighted by atomic mass is 16.3. The number of aliphatic hydroxyl groups excluding tert-OH is 1. The Bertz CT molecular complexity index is 255. The van der Waals surface area contributed by atoms with Crippen molar-refractivity contribution in [2.75, 3.05) is 26.7 Å². The molecule has 1 fully saturated rings. The maximum atomic E-state index is 9.55. The Labute approximate surface area is 119 Å². The van der Waals surface area contributed by atoms with E-state index >= 15 is 0 Å². The SMILES string of the molecule is CC(O)CN(C)CC1(CNC(C)C)CCCC(C)C1. The number of aliphatic hydroxyl groups is 1. The molecular formula is C16H34N2O. The van der Waals surface area contributed by atoms with Crippen LogP contribution in [0.5, 0.6) is 0 Å². The molecule has 0 aromatic heterocycles. The summed E-state index contributed by atoms with van der Waals surface area (Å²) in [7, 11) is 2.14. The lowest BCUT2D eigenvalue weighted by Gasteiger charge is -2.43. The summed E-state index contributed by atoms with van der Waals surface area (Å²) in [5.74, 6) is 0.836. The Hall–Kier alpha value is -0.120. The smallest absolute Gasteiger partial charge is 0.0638 e. The minimum absolute atomic E-state index is 0.235. The topological polar surface area (TPSA) is 35.5 Å². The van der Waals surface area contributed by atoms with Crippen LogP contribution in [0.2, 0.25) is 0 Å². The zero-order chi connectivity index (χ0) is 14.5.